The maximum Gasteiger partial charge on any atom is 0.140 e. The van der Waals surface area contributed by atoms with Gasteiger partial charge in [-0.05, 0) is 60.5 Å². The zero-order chi connectivity index (χ0) is 24.6. The zero-order valence-electron chi connectivity index (χ0n) is 19.9. The summed E-state index contributed by atoms with van der Waals surface area (Å²) in [7, 11) is 0. The number of benzene rings is 3. The Morgan fingerprint density at radius 3 is 2.67 bits per heavy atom. The molecule has 0 amide bonds. The van der Waals surface area contributed by atoms with E-state index in [1.807, 2.05) is 25.1 Å². The Labute approximate surface area is 211 Å². The minimum absolute atomic E-state index is 0.192. The van der Waals surface area contributed by atoms with E-state index in [9.17, 15) is 4.39 Å². The van der Waals surface area contributed by atoms with Gasteiger partial charge in [0.2, 0.25) is 0 Å². The molecule has 3 aromatic heterocycles. The van der Waals surface area contributed by atoms with E-state index < -0.39 is 0 Å². The van der Waals surface area contributed by atoms with Crippen LogP contribution >= 0.6 is 11.3 Å². The zero-order valence-corrected chi connectivity index (χ0v) is 20.7. The molecule has 0 saturated heterocycles. The highest BCUT2D eigenvalue weighted by atomic mass is 32.1. The second kappa shape index (κ2) is 9.17. The molecule has 0 aliphatic carbocycles. The molecule has 5 nitrogen and oxygen atoms in total. The van der Waals surface area contributed by atoms with Gasteiger partial charge in [0.1, 0.15) is 34.5 Å². The van der Waals surface area contributed by atoms with Crippen molar-refractivity contribution >= 4 is 32.6 Å². The fourth-order valence-electron chi connectivity index (χ4n) is 4.51. The molecule has 6 rings (SSSR count). The number of thiazole rings is 1. The van der Waals surface area contributed by atoms with E-state index in [4.69, 9.17) is 4.74 Å². The largest absolute Gasteiger partial charge is 0.486 e. The second-order valence-electron chi connectivity index (χ2n) is 8.75. The molecule has 0 fully saturated rings. The number of aromatic nitrogens is 4. The van der Waals surface area contributed by atoms with Crippen molar-refractivity contribution in [3.8, 4) is 11.4 Å². The van der Waals surface area contributed by atoms with Gasteiger partial charge in [-0.15, -0.1) is 11.3 Å². The molecule has 0 bridgehead atoms. The molecule has 3 heterocycles. The van der Waals surface area contributed by atoms with Crippen molar-refractivity contribution in [2.24, 2.45) is 0 Å². The smallest absolute Gasteiger partial charge is 0.140 e. The fraction of sp³-hybridized carbons (Fsp3) is 0.138. The molecule has 178 valence electrons. The highest BCUT2D eigenvalue weighted by molar-refractivity contribution is 7.18. The molecule has 36 heavy (non-hydrogen) atoms. The van der Waals surface area contributed by atoms with Crippen molar-refractivity contribution in [2.75, 3.05) is 0 Å². The first-order chi connectivity index (χ1) is 17.5. The van der Waals surface area contributed by atoms with Crippen LogP contribution in [0.15, 0.2) is 85.2 Å². The molecular weight excluding hydrogens is 471 g/mol. The van der Waals surface area contributed by atoms with Crippen LogP contribution in [0.2, 0.25) is 0 Å². The Morgan fingerprint density at radius 2 is 1.81 bits per heavy atom. The second-order valence-corrected chi connectivity index (χ2v) is 9.87. The predicted octanol–water partition coefficient (Wildman–Crippen LogP) is 7.21. The van der Waals surface area contributed by atoms with E-state index >= 15 is 0 Å². The minimum atomic E-state index is -0.277. The van der Waals surface area contributed by atoms with Crippen molar-refractivity contribution in [1.82, 2.24) is 19.5 Å². The van der Waals surface area contributed by atoms with Gasteiger partial charge < -0.3 is 4.74 Å². The third-order valence-electron chi connectivity index (χ3n) is 6.39. The highest BCUT2D eigenvalue weighted by Gasteiger charge is 2.13. The van der Waals surface area contributed by atoms with Crippen LogP contribution in [0, 0.1) is 12.7 Å². The lowest BCUT2D eigenvalue weighted by molar-refractivity contribution is 0.305. The van der Waals surface area contributed by atoms with Gasteiger partial charge in [-0.3, -0.25) is 9.55 Å². The Hall–Kier alpha value is -4.10. The van der Waals surface area contributed by atoms with E-state index in [0.29, 0.717) is 12.1 Å². The van der Waals surface area contributed by atoms with E-state index in [2.05, 4.69) is 62.8 Å². The maximum absolute atomic E-state index is 13.5. The van der Waals surface area contributed by atoms with Crippen LogP contribution in [0.3, 0.4) is 0 Å². The molecular formula is C29H23FN4OS. The average Bonchev–Trinajstić information content (AvgIpc) is 3.46. The van der Waals surface area contributed by atoms with Crippen molar-refractivity contribution in [3.05, 3.63) is 113 Å². The number of fused-ring (bicyclic) bond motifs is 2. The van der Waals surface area contributed by atoms with Crippen molar-refractivity contribution in [1.29, 1.82) is 0 Å². The lowest BCUT2D eigenvalue weighted by Crippen LogP contribution is -2.00. The fourth-order valence-corrected chi connectivity index (χ4v) is 5.37. The van der Waals surface area contributed by atoms with Crippen molar-refractivity contribution < 1.29 is 9.13 Å². The number of hydrogen-bond acceptors (Lipinski definition) is 5. The van der Waals surface area contributed by atoms with E-state index in [1.165, 1.54) is 34.6 Å². The van der Waals surface area contributed by atoms with Gasteiger partial charge in [0.25, 0.3) is 0 Å². The van der Waals surface area contributed by atoms with Crippen molar-refractivity contribution in [2.45, 2.75) is 26.4 Å². The molecule has 0 aliphatic heterocycles. The summed E-state index contributed by atoms with van der Waals surface area (Å²) in [4.78, 5) is 13.3. The number of imidazole rings is 1. The summed E-state index contributed by atoms with van der Waals surface area (Å²) in [5, 5.41) is 0.822. The van der Waals surface area contributed by atoms with Crippen LogP contribution in [0.5, 0.6) is 5.75 Å². The molecule has 6 aromatic rings. The Bertz CT molecular complexity index is 1690. The molecule has 1 unspecified atom stereocenters. The Kier molecular flexibility index (Phi) is 5.70. The van der Waals surface area contributed by atoms with E-state index in [1.54, 1.807) is 18.5 Å². The summed E-state index contributed by atoms with van der Waals surface area (Å²) in [5.74, 6) is 1.64. The van der Waals surface area contributed by atoms with Gasteiger partial charge in [0.15, 0.2) is 0 Å². The standard InChI is InChI=1S/C29H23FN4OS/c1-18(20-6-9-23(10-7-20)34-19(2)32-26-16-31-13-12-27(26)34)21-4-3-5-24(14-21)35-17-29-33-25-15-22(30)8-11-28(25)36-29/h3-16,18H,17H2,1-2H3. The molecule has 1 atom stereocenters. The number of rotatable bonds is 6. The number of aryl methyl sites for hydroxylation is 1. The molecule has 0 N–H and O–H groups in total. The summed E-state index contributed by atoms with van der Waals surface area (Å²) in [6.07, 6.45) is 3.59. The molecule has 0 saturated carbocycles. The topological polar surface area (TPSA) is 52.8 Å². The molecule has 7 heteroatoms. The average molecular weight is 495 g/mol. The quantitative estimate of drug-likeness (QED) is 0.246. The third kappa shape index (κ3) is 4.22. The van der Waals surface area contributed by atoms with Crippen LogP contribution in [0.25, 0.3) is 26.9 Å². The van der Waals surface area contributed by atoms with Gasteiger partial charge in [-0.25, -0.2) is 14.4 Å². The minimum Gasteiger partial charge on any atom is -0.486 e. The van der Waals surface area contributed by atoms with Gasteiger partial charge in [0, 0.05) is 23.9 Å². The van der Waals surface area contributed by atoms with E-state index in [0.717, 1.165) is 38.0 Å². The first kappa shape index (κ1) is 22.4. The number of hydrogen-bond donors (Lipinski definition) is 0. The molecule has 3 aromatic carbocycles. The van der Waals surface area contributed by atoms with E-state index in [-0.39, 0.29) is 11.7 Å². The number of nitrogens with zero attached hydrogens (tertiary/aromatic N) is 4. The SMILES string of the molecule is Cc1nc2cnccc2n1-c1ccc(C(C)c2cccc(OCc3nc4cc(F)ccc4s3)c2)cc1. The lowest BCUT2D eigenvalue weighted by atomic mass is 9.93. The first-order valence-corrected chi connectivity index (χ1v) is 12.5. The molecule has 0 aliphatic rings. The lowest BCUT2D eigenvalue weighted by Gasteiger charge is -2.15. The van der Waals surface area contributed by atoms with Crippen LogP contribution in [0.1, 0.15) is 34.8 Å². The van der Waals surface area contributed by atoms with Crippen LogP contribution in [-0.2, 0) is 6.61 Å². The summed E-state index contributed by atoms with van der Waals surface area (Å²) >= 11 is 1.52. The van der Waals surface area contributed by atoms with Gasteiger partial charge in [-0.1, -0.05) is 31.2 Å². The number of pyridine rings is 1. The Balaban J connectivity index is 1.19. The highest BCUT2D eigenvalue weighted by Crippen LogP contribution is 2.30. The summed E-state index contributed by atoms with van der Waals surface area (Å²) in [6, 6.07) is 23.4. The molecule has 0 radical (unpaired) electrons. The summed E-state index contributed by atoms with van der Waals surface area (Å²) in [5.41, 5.74) is 6.06. The maximum atomic E-state index is 13.5. The Morgan fingerprint density at radius 1 is 0.944 bits per heavy atom. The summed E-state index contributed by atoms with van der Waals surface area (Å²) < 4.78 is 22.6. The summed E-state index contributed by atoms with van der Waals surface area (Å²) in [6.45, 7) is 4.55. The number of ether oxygens (including phenoxy) is 1. The van der Waals surface area contributed by atoms with Crippen LogP contribution < -0.4 is 4.74 Å². The van der Waals surface area contributed by atoms with Crippen LogP contribution in [-0.4, -0.2) is 19.5 Å². The van der Waals surface area contributed by atoms with Crippen LogP contribution in [0.4, 0.5) is 4.39 Å². The monoisotopic (exact) mass is 494 g/mol. The van der Waals surface area contributed by atoms with Gasteiger partial charge in [0.05, 0.1) is 21.9 Å². The third-order valence-corrected chi connectivity index (χ3v) is 7.40. The normalized spacial score (nSPS) is 12.3. The van der Waals surface area contributed by atoms with Gasteiger partial charge in [-0.2, -0.15) is 0 Å². The predicted molar refractivity (Wildman–Crippen MR) is 141 cm³/mol. The number of halogens is 1. The van der Waals surface area contributed by atoms with Gasteiger partial charge >= 0.3 is 0 Å². The van der Waals surface area contributed by atoms with Crippen molar-refractivity contribution in [3.63, 3.8) is 0 Å². The first-order valence-electron chi connectivity index (χ1n) is 11.7. The molecule has 0 spiro atoms.